The van der Waals surface area contributed by atoms with E-state index >= 15 is 0 Å². The van der Waals surface area contributed by atoms with Crippen molar-refractivity contribution in [3.63, 3.8) is 0 Å². The number of imidazole rings is 1. The minimum atomic E-state index is -0.136. The van der Waals surface area contributed by atoms with Crippen molar-refractivity contribution >= 4 is 23.0 Å². The van der Waals surface area contributed by atoms with Crippen LogP contribution in [0.5, 0.6) is 0 Å². The lowest BCUT2D eigenvalue weighted by Crippen LogP contribution is -2.20. The van der Waals surface area contributed by atoms with Crippen LogP contribution >= 0.6 is 0 Å². The van der Waals surface area contributed by atoms with Gasteiger partial charge in [0.25, 0.3) is 0 Å². The first-order valence-corrected chi connectivity index (χ1v) is 8.68. The number of amides is 1. The molecule has 0 radical (unpaired) electrons. The molecule has 27 heavy (non-hydrogen) atoms. The number of benzene rings is 2. The van der Waals surface area contributed by atoms with Gasteiger partial charge in [-0.2, -0.15) is 0 Å². The van der Waals surface area contributed by atoms with Crippen molar-refractivity contribution in [2.24, 2.45) is 0 Å². The Kier molecular flexibility index (Phi) is 4.74. The molecule has 0 aliphatic rings. The van der Waals surface area contributed by atoms with Crippen molar-refractivity contribution in [2.45, 2.75) is 6.54 Å². The minimum Gasteiger partial charge on any atom is -0.348 e. The van der Waals surface area contributed by atoms with Crippen LogP contribution in [0.25, 0.3) is 22.9 Å². The van der Waals surface area contributed by atoms with Gasteiger partial charge in [0.15, 0.2) is 0 Å². The monoisotopic (exact) mass is 354 g/mol. The summed E-state index contributed by atoms with van der Waals surface area (Å²) in [6.45, 7) is 0.427. The Balaban J connectivity index is 1.39. The first-order valence-electron chi connectivity index (χ1n) is 8.68. The lowest BCUT2D eigenvalue weighted by Gasteiger charge is -2.06. The number of nitrogens with one attached hydrogen (secondary N) is 1. The molecule has 0 aliphatic heterocycles. The number of para-hydroxylation sites is 2. The van der Waals surface area contributed by atoms with E-state index in [-0.39, 0.29) is 5.91 Å². The standard InChI is InChI=1S/C22H18N4O/c27-22(13-11-17-6-2-1-3-7-17)24-15-18-10-12-21(23-14-18)26-16-25-19-8-4-5-9-20(19)26/h1-14,16H,15H2,(H,24,27)/b13-11-. The summed E-state index contributed by atoms with van der Waals surface area (Å²) in [4.78, 5) is 20.8. The van der Waals surface area contributed by atoms with E-state index in [1.165, 1.54) is 6.08 Å². The Morgan fingerprint density at radius 1 is 0.963 bits per heavy atom. The Bertz CT molecular complexity index is 1080. The summed E-state index contributed by atoms with van der Waals surface area (Å²) in [6.07, 6.45) is 6.86. The van der Waals surface area contributed by atoms with Gasteiger partial charge in [-0.15, -0.1) is 0 Å². The molecule has 0 atom stereocenters. The number of rotatable bonds is 5. The lowest BCUT2D eigenvalue weighted by molar-refractivity contribution is -0.116. The average Bonchev–Trinajstić information content (AvgIpc) is 3.16. The number of hydrogen-bond donors (Lipinski definition) is 1. The molecule has 2 aromatic carbocycles. The quantitative estimate of drug-likeness (QED) is 0.555. The molecule has 4 rings (SSSR count). The zero-order chi connectivity index (χ0) is 18.5. The molecule has 132 valence electrons. The van der Waals surface area contributed by atoms with E-state index in [9.17, 15) is 4.79 Å². The van der Waals surface area contributed by atoms with Gasteiger partial charge < -0.3 is 5.32 Å². The molecule has 2 heterocycles. The first kappa shape index (κ1) is 16.7. The number of nitrogens with zero attached hydrogens (tertiary/aromatic N) is 3. The Labute approximate surface area is 157 Å². The number of pyridine rings is 1. The van der Waals surface area contributed by atoms with Crippen LogP contribution in [-0.2, 0) is 11.3 Å². The van der Waals surface area contributed by atoms with Crippen LogP contribution in [0.4, 0.5) is 0 Å². The number of hydrogen-bond acceptors (Lipinski definition) is 3. The molecule has 2 aromatic heterocycles. The van der Waals surface area contributed by atoms with Crippen molar-refractivity contribution in [1.29, 1.82) is 0 Å². The highest BCUT2D eigenvalue weighted by molar-refractivity contribution is 5.91. The summed E-state index contributed by atoms with van der Waals surface area (Å²) in [7, 11) is 0. The highest BCUT2D eigenvalue weighted by atomic mass is 16.1. The number of fused-ring (bicyclic) bond motifs is 1. The first-order chi connectivity index (χ1) is 13.3. The SMILES string of the molecule is O=C(/C=C\c1ccccc1)NCc1ccc(-n2cnc3ccccc32)nc1. The molecule has 0 spiro atoms. The normalized spacial score (nSPS) is 11.1. The molecule has 1 amide bonds. The average molecular weight is 354 g/mol. The predicted octanol–water partition coefficient (Wildman–Crippen LogP) is 3.75. The summed E-state index contributed by atoms with van der Waals surface area (Å²) in [5.74, 6) is 0.659. The fourth-order valence-electron chi connectivity index (χ4n) is 2.79. The van der Waals surface area contributed by atoms with Crippen molar-refractivity contribution < 1.29 is 4.79 Å². The summed E-state index contributed by atoms with van der Waals surface area (Å²) in [5, 5.41) is 2.87. The minimum absolute atomic E-state index is 0.136. The van der Waals surface area contributed by atoms with Gasteiger partial charge in [0.05, 0.1) is 11.0 Å². The van der Waals surface area contributed by atoms with E-state index in [2.05, 4.69) is 15.3 Å². The molecule has 1 N–H and O–H groups in total. The molecule has 4 aromatic rings. The summed E-state index contributed by atoms with van der Waals surface area (Å²) in [6, 6.07) is 21.5. The zero-order valence-electron chi connectivity index (χ0n) is 14.6. The second kappa shape index (κ2) is 7.66. The Morgan fingerprint density at radius 2 is 1.78 bits per heavy atom. The lowest BCUT2D eigenvalue weighted by atomic mass is 10.2. The van der Waals surface area contributed by atoms with Gasteiger partial charge in [-0.05, 0) is 35.4 Å². The maximum Gasteiger partial charge on any atom is 0.244 e. The molecule has 5 nitrogen and oxygen atoms in total. The number of aromatic nitrogens is 3. The maximum atomic E-state index is 12.0. The molecule has 0 unspecified atom stereocenters. The fourth-order valence-corrected chi connectivity index (χ4v) is 2.79. The van der Waals surface area contributed by atoms with E-state index in [0.29, 0.717) is 6.54 Å². The largest absolute Gasteiger partial charge is 0.348 e. The topological polar surface area (TPSA) is 59.8 Å². The van der Waals surface area contributed by atoms with Gasteiger partial charge in [-0.25, -0.2) is 9.97 Å². The van der Waals surface area contributed by atoms with Crippen LogP contribution in [0, 0.1) is 0 Å². The summed E-state index contributed by atoms with van der Waals surface area (Å²) >= 11 is 0. The second-order valence-corrected chi connectivity index (χ2v) is 6.09. The van der Waals surface area contributed by atoms with Crippen LogP contribution < -0.4 is 5.32 Å². The van der Waals surface area contributed by atoms with E-state index in [0.717, 1.165) is 28.0 Å². The molecule has 0 aliphatic carbocycles. The van der Waals surface area contributed by atoms with Crippen LogP contribution in [-0.4, -0.2) is 20.4 Å². The molecular weight excluding hydrogens is 336 g/mol. The van der Waals surface area contributed by atoms with Gasteiger partial charge in [-0.1, -0.05) is 48.5 Å². The fraction of sp³-hybridized carbons (Fsp3) is 0.0455. The Hall–Kier alpha value is -3.73. The van der Waals surface area contributed by atoms with E-state index in [4.69, 9.17) is 0 Å². The molecule has 5 heteroatoms. The van der Waals surface area contributed by atoms with E-state index < -0.39 is 0 Å². The molecule has 0 saturated heterocycles. The molecular formula is C22H18N4O. The van der Waals surface area contributed by atoms with Crippen LogP contribution in [0.1, 0.15) is 11.1 Å². The number of carbonyl (C=O) groups excluding carboxylic acids is 1. The van der Waals surface area contributed by atoms with Crippen molar-refractivity contribution in [3.05, 3.63) is 96.5 Å². The molecule has 0 saturated carbocycles. The van der Waals surface area contributed by atoms with Crippen molar-refractivity contribution in [2.75, 3.05) is 0 Å². The van der Waals surface area contributed by atoms with Gasteiger partial charge in [0, 0.05) is 18.8 Å². The summed E-state index contributed by atoms with van der Waals surface area (Å²) < 4.78 is 1.94. The van der Waals surface area contributed by atoms with Gasteiger partial charge in [-0.3, -0.25) is 9.36 Å². The Morgan fingerprint density at radius 3 is 2.59 bits per heavy atom. The third-order valence-electron chi connectivity index (χ3n) is 4.20. The van der Waals surface area contributed by atoms with Crippen molar-refractivity contribution in [1.82, 2.24) is 19.9 Å². The summed E-state index contributed by atoms with van der Waals surface area (Å²) in [5.41, 5.74) is 3.87. The van der Waals surface area contributed by atoms with Crippen molar-refractivity contribution in [3.8, 4) is 5.82 Å². The van der Waals surface area contributed by atoms with Gasteiger partial charge in [0.2, 0.25) is 5.91 Å². The smallest absolute Gasteiger partial charge is 0.244 e. The van der Waals surface area contributed by atoms with Crippen LogP contribution in [0.15, 0.2) is 85.3 Å². The van der Waals surface area contributed by atoms with Crippen LogP contribution in [0.3, 0.4) is 0 Å². The van der Waals surface area contributed by atoms with Gasteiger partial charge >= 0.3 is 0 Å². The third-order valence-corrected chi connectivity index (χ3v) is 4.20. The van der Waals surface area contributed by atoms with Crippen LogP contribution in [0.2, 0.25) is 0 Å². The maximum absolute atomic E-state index is 12.0. The predicted molar refractivity (Wildman–Crippen MR) is 106 cm³/mol. The van der Waals surface area contributed by atoms with Gasteiger partial charge in [0.1, 0.15) is 12.1 Å². The third kappa shape index (κ3) is 3.93. The zero-order valence-corrected chi connectivity index (χ0v) is 14.6. The highest BCUT2D eigenvalue weighted by Crippen LogP contribution is 2.16. The molecule has 0 bridgehead atoms. The van der Waals surface area contributed by atoms with E-state index in [1.54, 1.807) is 18.6 Å². The second-order valence-electron chi connectivity index (χ2n) is 6.09. The highest BCUT2D eigenvalue weighted by Gasteiger charge is 2.05. The van der Waals surface area contributed by atoms with E-state index in [1.807, 2.05) is 71.3 Å². The molecule has 0 fully saturated rings. The number of carbonyl (C=O) groups is 1.